The zero-order valence-electron chi connectivity index (χ0n) is 10.1. The van der Waals surface area contributed by atoms with Gasteiger partial charge in [0.2, 0.25) is 0 Å². The first-order valence-electron chi connectivity index (χ1n) is 5.27. The van der Waals surface area contributed by atoms with Crippen molar-refractivity contribution in [1.29, 1.82) is 0 Å². The molecule has 1 aliphatic rings. The summed E-state index contributed by atoms with van der Waals surface area (Å²) in [7, 11) is -0.569. The van der Waals surface area contributed by atoms with Gasteiger partial charge in [-0.1, -0.05) is 23.2 Å². The molecule has 0 radical (unpaired) electrons. The summed E-state index contributed by atoms with van der Waals surface area (Å²) in [5.74, 6) is 0. The Balaban J connectivity index is 2.35. The molecule has 0 atom stereocenters. The molecule has 0 spiro atoms. The van der Waals surface area contributed by atoms with E-state index in [0.717, 1.165) is 0 Å². The van der Waals surface area contributed by atoms with E-state index in [0.29, 0.717) is 5.46 Å². The number of hydrogen-bond donors (Lipinski definition) is 0. The third kappa shape index (κ3) is 2.29. The van der Waals surface area contributed by atoms with Crippen LogP contribution < -0.4 is 5.46 Å². The zero-order chi connectivity index (χ0) is 12.8. The predicted octanol–water partition coefficient (Wildman–Crippen LogP) is 2.08. The molecule has 0 bridgehead atoms. The molecule has 2 rings (SSSR count). The molecule has 0 saturated carbocycles. The number of hydrogen-bond acceptors (Lipinski definition) is 4. The molecule has 0 aliphatic carbocycles. The highest BCUT2D eigenvalue weighted by Gasteiger charge is 2.52. The Labute approximate surface area is 111 Å². The number of nitrogens with zero attached hydrogens (tertiary/aromatic N) is 2. The van der Waals surface area contributed by atoms with Gasteiger partial charge in [-0.3, -0.25) is 0 Å². The van der Waals surface area contributed by atoms with Crippen LogP contribution >= 0.6 is 23.2 Å². The molecule has 1 aliphatic heterocycles. The summed E-state index contributed by atoms with van der Waals surface area (Å²) in [5.41, 5.74) is -0.238. The fourth-order valence-corrected chi connectivity index (χ4v) is 1.84. The molecule has 1 aromatic rings. The maximum Gasteiger partial charge on any atom is 0.498 e. The topological polar surface area (TPSA) is 44.2 Å². The third-order valence-electron chi connectivity index (χ3n) is 3.25. The van der Waals surface area contributed by atoms with Gasteiger partial charge in [-0.25, -0.2) is 0 Å². The maximum atomic E-state index is 5.97. The van der Waals surface area contributed by atoms with Crippen molar-refractivity contribution in [2.75, 3.05) is 0 Å². The molecular formula is C10H13BCl2N2O2. The first-order chi connectivity index (χ1) is 7.73. The Morgan fingerprint density at radius 1 is 1.06 bits per heavy atom. The number of aromatic nitrogens is 2. The van der Waals surface area contributed by atoms with Crippen LogP contribution in [0.15, 0.2) is 6.07 Å². The molecule has 0 N–H and O–H groups in total. The van der Waals surface area contributed by atoms with Gasteiger partial charge in [0.25, 0.3) is 0 Å². The normalized spacial score (nSPS) is 21.9. The fraction of sp³-hybridized carbons (Fsp3) is 0.600. The van der Waals surface area contributed by atoms with E-state index < -0.39 is 18.3 Å². The van der Waals surface area contributed by atoms with Crippen LogP contribution in [-0.4, -0.2) is 28.5 Å². The van der Waals surface area contributed by atoms with Crippen LogP contribution in [0.2, 0.25) is 10.3 Å². The number of halogens is 2. The molecule has 1 saturated heterocycles. The minimum atomic E-state index is -0.569. The summed E-state index contributed by atoms with van der Waals surface area (Å²) >= 11 is 11.8. The van der Waals surface area contributed by atoms with Crippen molar-refractivity contribution in [3.8, 4) is 0 Å². The van der Waals surface area contributed by atoms with Crippen LogP contribution in [0.1, 0.15) is 27.7 Å². The third-order valence-corrected chi connectivity index (χ3v) is 3.73. The molecule has 1 fully saturated rings. The van der Waals surface area contributed by atoms with Crippen LogP contribution in [0.4, 0.5) is 0 Å². The minimum absolute atomic E-state index is 0.243. The Hall–Kier alpha value is -0.355. The molecule has 0 amide bonds. The van der Waals surface area contributed by atoms with Gasteiger partial charge < -0.3 is 9.31 Å². The van der Waals surface area contributed by atoms with Crippen molar-refractivity contribution in [2.24, 2.45) is 0 Å². The second kappa shape index (κ2) is 4.09. The lowest BCUT2D eigenvalue weighted by molar-refractivity contribution is 0.00578. The first kappa shape index (κ1) is 13.1. The van der Waals surface area contributed by atoms with Gasteiger partial charge in [-0.15, -0.1) is 10.2 Å². The maximum absolute atomic E-state index is 5.97. The van der Waals surface area contributed by atoms with Crippen LogP contribution in [0.25, 0.3) is 0 Å². The van der Waals surface area contributed by atoms with Gasteiger partial charge in [0.05, 0.1) is 11.2 Å². The molecule has 0 aromatic carbocycles. The Morgan fingerprint density at radius 2 is 1.59 bits per heavy atom. The van der Waals surface area contributed by atoms with Gasteiger partial charge in [-0.2, -0.15) is 0 Å². The van der Waals surface area contributed by atoms with Crippen LogP contribution in [0, 0.1) is 0 Å². The monoisotopic (exact) mass is 274 g/mol. The summed E-state index contributed by atoms with van der Waals surface area (Å²) in [6.45, 7) is 7.88. The lowest BCUT2D eigenvalue weighted by Gasteiger charge is -2.32. The lowest BCUT2D eigenvalue weighted by atomic mass is 9.80. The highest BCUT2D eigenvalue weighted by atomic mass is 35.5. The van der Waals surface area contributed by atoms with E-state index in [1.807, 2.05) is 27.7 Å². The highest BCUT2D eigenvalue weighted by molar-refractivity contribution is 6.65. The van der Waals surface area contributed by atoms with Crippen LogP contribution in [-0.2, 0) is 9.31 Å². The van der Waals surface area contributed by atoms with Crippen molar-refractivity contribution >= 4 is 35.8 Å². The van der Waals surface area contributed by atoms with E-state index in [1.54, 1.807) is 6.07 Å². The van der Waals surface area contributed by atoms with E-state index in [9.17, 15) is 0 Å². The largest absolute Gasteiger partial charge is 0.498 e. The lowest BCUT2D eigenvalue weighted by Crippen LogP contribution is -2.41. The Kier molecular flexibility index (Phi) is 3.15. The van der Waals surface area contributed by atoms with E-state index in [4.69, 9.17) is 32.5 Å². The second-order valence-corrected chi connectivity index (χ2v) is 5.75. The Morgan fingerprint density at radius 3 is 2.12 bits per heavy atom. The molecule has 92 valence electrons. The molecule has 1 aromatic heterocycles. The summed E-state index contributed by atoms with van der Waals surface area (Å²) in [5, 5.41) is 7.90. The van der Waals surface area contributed by atoms with Gasteiger partial charge in [-0.05, 0) is 33.8 Å². The highest BCUT2D eigenvalue weighted by Crippen LogP contribution is 2.36. The van der Waals surface area contributed by atoms with Crippen LogP contribution in [0.5, 0.6) is 0 Å². The molecule has 7 heteroatoms. The molecule has 17 heavy (non-hydrogen) atoms. The van der Waals surface area contributed by atoms with Crippen LogP contribution in [0.3, 0.4) is 0 Å². The van der Waals surface area contributed by atoms with Gasteiger partial charge in [0, 0.05) is 5.46 Å². The summed E-state index contributed by atoms with van der Waals surface area (Å²) in [4.78, 5) is 0. The molecule has 2 heterocycles. The van der Waals surface area contributed by atoms with Gasteiger partial charge >= 0.3 is 7.12 Å². The molecular weight excluding hydrogens is 262 g/mol. The molecule has 4 nitrogen and oxygen atoms in total. The van der Waals surface area contributed by atoms with Crippen molar-refractivity contribution in [3.63, 3.8) is 0 Å². The first-order valence-corrected chi connectivity index (χ1v) is 6.03. The summed E-state index contributed by atoms with van der Waals surface area (Å²) < 4.78 is 11.7. The van der Waals surface area contributed by atoms with E-state index in [1.165, 1.54) is 0 Å². The van der Waals surface area contributed by atoms with Gasteiger partial charge in [0.1, 0.15) is 0 Å². The van der Waals surface area contributed by atoms with Crippen molar-refractivity contribution in [1.82, 2.24) is 10.2 Å². The average Bonchev–Trinajstić information content (AvgIpc) is 2.40. The smallest absolute Gasteiger partial charge is 0.399 e. The number of rotatable bonds is 1. The fourth-order valence-electron chi connectivity index (χ4n) is 1.50. The summed E-state index contributed by atoms with van der Waals surface area (Å²) in [6.07, 6.45) is 0. The van der Waals surface area contributed by atoms with Crippen molar-refractivity contribution in [3.05, 3.63) is 16.4 Å². The van der Waals surface area contributed by atoms with E-state index in [2.05, 4.69) is 10.2 Å². The standard InChI is InChI=1S/C10H13BCl2N2O2/c1-9(2)10(3,4)17-11(16-9)6-5-7(12)14-15-8(6)13/h5H,1-4H3. The average molecular weight is 275 g/mol. The van der Waals surface area contributed by atoms with Gasteiger partial charge in [0.15, 0.2) is 10.3 Å². The molecule has 0 unspecified atom stereocenters. The SMILES string of the molecule is CC1(C)OB(c2cc(Cl)nnc2Cl)OC1(C)C. The summed E-state index contributed by atoms with van der Waals surface area (Å²) in [6, 6.07) is 1.61. The zero-order valence-corrected chi connectivity index (χ0v) is 11.6. The van der Waals surface area contributed by atoms with Crippen molar-refractivity contribution in [2.45, 2.75) is 38.9 Å². The van der Waals surface area contributed by atoms with E-state index in [-0.39, 0.29) is 10.3 Å². The Bertz CT molecular complexity index is 438. The van der Waals surface area contributed by atoms with Crippen molar-refractivity contribution < 1.29 is 9.31 Å². The second-order valence-electron chi connectivity index (χ2n) is 5.00. The quantitative estimate of drug-likeness (QED) is 0.736. The van der Waals surface area contributed by atoms with E-state index >= 15 is 0 Å². The minimum Gasteiger partial charge on any atom is -0.399 e. The predicted molar refractivity (Wildman–Crippen MR) is 67.8 cm³/mol.